The smallest absolute Gasteiger partial charge is 0.365 e. The van der Waals surface area contributed by atoms with E-state index in [9.17, 15) is 18.0 Å². The molecule has 0 saturated carbocycles. The third-order valence-corrected chi connectivity index (χ3v) is 4.08. The Morgan fingerprint density at radius 2 is 1.71 bits per heavy atom. The lowest BCUT2D eigenvalue weighted by Crippen LogP contribution is -2.15. The van der Waals surface area contributed by atoms with Crippen molar-refractivity contribution < 1.29 is 18.0 Å². The van der Waals surface area contributed by atoms with Crippen LogP contribution in [0.5, 0.6) is 0 Å². The molecular formula is C20H17F3N4O. The van der Waals surface area contributed by atoms with E-state index in [2.05, 4.69) is 20.6 Å². The van der Waals surface area contributed by atoms with Gasteiger partial charge in [0.2, 0.25) is 0 Å². The van der Waals surface area contributed by atoms with E-state index in [1.54, 1.807) is 0 Å². The Morgan fingerprint density at radius 1 is 1.00 bits per heavy atom. The highest BCUT2D eigenvalue weighted by molar-refractivity contribution is 6.02. The van der Waals surface area contributed by atoms with Crippen LogP contribution in [0.4, 0.5) is 24.7 Å². The number of aryl methyl sites for hydroxylation is 1. The maximum Gasteiger partial charge on any atom is 0.416 e. The van der Waals surface area contributed by atoms with Crippen molar-refractivity contribution in [1.29, 1.82) is 0 Å². The van der Waals surface area contributed by atoms with Gasteiger partial charge in [-0.2, -0.15) is 13.2 Å². The first-order valence-corrected chi connectivity index (χ1v) is 8.42. The Hall–Kier alpha value is -3.42. The van der Waals surface area contributed by atoms with Crippen LogP contribution < -0.4 is 10.6 Å². The number of nitrogens with zero attached hydrogens (tertiary/aromatic N) is 2. The Balaban J connectivity index is 1.60. The molecule has 5 nitrogen and oxygen atoms in total. The van der Waals surface area contributed by atoms with Crippen LogP contribution in [0.25, 0.3) is 0 Å². The lowest BCUT2D eigenvalue weighted by atomic mass is 10.1. The van der Waals surface area contributed by atoms with E-state index >= 15 is 0 Å². The molecule has 0 aliphatic rings. The first-order valence-electron chi connectivity index (χ1n) is 8.42. The SMILES string of the molecule is Cc1ccccc1CNc1cnc(C(=O)Nc2ccc(C(F)(F)F)cc2)cn1. The third-order valence-electron chi connectivity index (χ3n) is 4.08. The van der Waals surface area contributed by atoms with Crippen LogP contribution in [0.1, 0.15) is 27.2 Å². The summed E-state index contributed by atoms with van der Waals surface area (Å²) >= 11 is 0. The predicted octanol–water partition coefficient (Wildman–Crippen LogP) is 4.67. The number of hydrogen-bond acceptors (Lipinski definition) is 4. The summed E-state index contributed by atoms with van der Waals surface area (Å²) in [6.45, 7) is 2.58. The standard InChI is InChI=1S/C20H17F3N4O/c1-13-4-2-3-5-14(13)10-25-18-12-24-17(11-26-18)19(28)27-16-8-6-15(7-9-16)20(21,22)23/h2-9,11-12H,10H2,1H3,(H,25,26)(H,27,28). The minimum Gasteiger partial charge on any atom is -0.365 e. The van der Waals surface area contributed by atoms with E-state index in [0.29, 0.717) is 12.4 Å². The largest absolute Gasteiger partial charge is 0.416 e. The topological polar surface area (TPSA) is 66.9 Å². The minimum absolute atomic E-state index is 0.0568. The van der Waals surface area contributed by atoms with Crippen LogP contribution in [0, 0.1) is 6.92 Å². The number of halogens is 3. The van der Waals surface area contributed by atoms with Gasteiger partial charge in [-0.1, -0.05) is 24.3 Å². The zero-order chi connectivity index (χ0) is 20.1. The molecule has 1 aromatic heterocycles. The number of hydrogen-bond donors (Lipinski definition) is 2. The minimum atomic E-state index is -4.42. The fourth-order valence-electron chi connectivity index (χ4n) is 2.47. The number of rotatable bonds is 5. The molecule has 0 radical (unpaired) electrons. The number of benzene rings is 2. The van der Waals surface area contributed by atoms with Gasteiger partial charge in [0.1, 0.15) is 11.5 Å². The second-order valence-electron chi connectivity index (χ2n) is 6.10. The third kappa shape index (κ3) is 4.85. The molecule has 3 aromatic rings. The average molecular weight is 386 g/mol. The van der Waals surface area contributed by atoms with E-state index in [4.69, 9.17) is 0 Å². The van der Waals surface area contributed by atoms with Crippen LogP contribution >= 0.6 is 0 Å². The lowest BCUT2D eigenvalue weighted by molar-refractivity contribution is -0.137. The molecule has 0 aliphatic carbocycles. The van der Waals surface area contributed by atoms with E-state index in [1.165, 1.54) is 24.5 Å². The van der Waals surface area contributed by atoms with Crippen LogP contribution in [0.15, 0.2) is 60.9 Å². The molecule has 0 unspecified atom stereocenters. The molecule has 0 aliphatic heterocycles. The molecule has 2 aromatic carbocycles. The van der Waals surface area contributed by atoms with E-state index in [1.807, 2.05) is 31.2 Å². The van der Waals surface area contributed by atoms with Gasteiger partial charge in [0, 0.05) is 12.2 Å². The first-order chi connectivity index (χ1) is 13.3. The molecule has 1 heterocycles. The first kappa shape index (κ1) is 19.3. The number of amides is 1. The molecule has 0 fully saturated rings. The van der Waals surface area contributed by atoms with Gasteiger partial charge >= 0.3 is 6.18 Å². The molecule has 28 heavy (non-hydrogen) atoms. The summed E-state index contributed by atoms with van der Waals surface area (Å²) in [7, 11) is 0. The Kier molecular flexibility index (Phi) is 5.58. The summed E-state index contributed by atoms with van der Waals surface area (Å²) < 4.78 is 37.7. The molecular weight excluding hydrogens is 369 g/mol. The number of aromatic nitrogens is 2. The second-order valence-corrected chi connectivity index (χ2v) is 6.10. The molecule has 0 spiro atoms. The number of carbonyl (C=O) groups excluding carboxylic acids is 1. The fourth-order valence-corrected chi connectivity index (χ4v) is 2.47. The van der Waals surface area contributed by atoms with E-state index in [0.717, 1.165) is 23.3 Å². The Labute approximate surface area is 159 Å². The molecule has 144 valence electrons. The molecule has 0 bridgehead atoms. The number of nitrogens with one attached hydrogen (secondary N) is 2. The summed E-state index contributed by atoms with van der Waals surface area (Å²) in [5.74, 6) is -0.0490. The maximum absolute atomic E-state index is 12.6. The van der Waals surface area contributed by atoms with Crippen LogP contribution in [-0.4, -0.2) is 15.9 Å². The van der Waals surface area contributed by atoms with Crippen molar-refractivity contribution in [1.82, 2.24) is 9.97 Å². The van der Waals surface area contributed by atoms with Gasteiger partial charge in [0.25, 0.3) is 5.91 Å². The lowest BCUT2D eigenvalue weighted by Gasteiger charge is -2.09. The van der Waals surface area contributed by atoms with Crippen molar-refractivity contribution in [2.45, 2.75) is 19.6 Å². The Morgan fingerprint density at radius 3 is 2.32 bits per heavy atom. The summed E-state index contributed by atoms with van der Waals surface area (Å²) in [5, 5.41) is 5.62. The van der Waals surface area contributed by atoms with Gasteiger partial charge in [-0.3, -0.25) is 4.79 Å². The van der Waals surface area contributed by atoms with Crippen molar-refractivity contribution in [2.24, 2.45) is 0 Å². The van der Waals surface area contributed by atoms with Crippen LogP contribution in [0.2, 0.25) is 0 Å². The fraction of sp³-hybridized carbons (Fsp3) is 0.150. The molecule has 1 amide bonds. The number of carbonyl (C=O) groups is 1. The number of alkyl halides is 3. The monoisotopic (exact) mass is 386 g/mol. The molecule has 8 heteroatoms. The molecule has 3 rings (SSSR count). The van der Waals surface area contributed by atoms with Gasteiger partial charge in [-0.25, -0.2) is 9.97 Å². The van der Waals surface area contributed by atoms with E-state index < -0.39 is 17.6 Å². The molecule has 2 N–H and O–H groups in total. The molecule has 0 saturated heterocycles. The van der Waals surface area contributed by atoms with Crippen LogP contribution in [0.3, 0.4) is 0 Å². The van der Waals surface area contributed by atoms with Crippen molar-refractivity contribution in [3.05, 3.63) is 83.3 Å². The van der Waals surface area contributed by atoms with Crippen molar-refractivity contribution in [3.63, 3.8) is 0 Å². The highest BCUT2D eigenvalue weighted by atomic mass is 19.4. The van der Waals surface area contributed by atoms with Gasteiger partial charge in [0.05, 0.1) is 18.0 Å². The summed E-state index contributed by atoms with van der Waals surface area (Å²) in [6, 6.07) is 12.1. The van der Waals surface area contributed by atoms with Crippen molar-refractivity contribution in [3.8, 4) is 0 Å². The highest BCUT2D eigenvalue weighted by Gasteiger charge is 2.30. The summed E-state index contributed by atoms with van der Waals surface area (Å²) in [6.07, 6.45) is -1.69. The van der Waals surface area contributed by atoms with Gasteiger partial charge < -0.3 is 10.6 Å². The summed E-state index contributed by atoms with van der Waals surface area (Å²) in [4.78, 5) is 20.4. The highest BCUT2D eigenvalue weighted by Crippen LogP contribution is 2.29. The van der Waals surface area contributed by atoms with Gasteiger partial charge in [-0.05, 0) is 42.3 Å². The quantitative estimate of drug-likeness (QED) is 0.669. The predicted molar refractivity (Wildman–Crippen MR) is 99.9 cm³/mol. The normalized spacial score (nSPS) is 11.1. The zero-order valence-corrected chi connectivity index (χ0v) is 14.9. The number of anilines is 2. The van der Waals surface area contributed by atoms with E-state index in [-0.39, 0.29) is 11.4 Å². The maximum atomic E-state index is 12.6. The van der Waals surface area contributed by atoms with Gasteiger partial charge in [0.15, 0.2) is 0 Å². The van der Waals surface area contributed by atoms with Crippen molar-refractivity contribution in [2.75, 3.05) is 10.6 Å². The molecule has 0 atom stereocenters. The van der Waals surface area contributed by atoms with Crippen molar-refractivity contribution >= 4 is 17.4 Å². The summed E-state index contributed by atoms with van der Waals surface area (Å²) in [5.41, 5.74) is 1.78. The van der Waals surface area contributed by atoms with Gasteiger partial charge in [-0.15, -0.1) is 0 Å². The van der Waals surface area contributed by atoms with Crippen LogP contribution in [-0.2, 0) is 12.7 Å². The second kappa shape index (κ2) is 8.08. The average Bonchev–Trinajstić information content (AvgIpc) is 2.67. The zero-order valence-electron chi connectivity index (χ0n) is 14.9. The Bertz CT molecular complexity index is 954.